The van der Waals surface area contributed by atoms with E-state index in [1.807, 2.05) is 47.4 Å². The first-order valence-corrected chi connectivity index (χ1v) is 11.8. The van der Waals surface area contributed by atoms with Crippen LogP contribution in [0.2, 0.25) is 0 Å². The van der Waals surface area contributed by atoms with Crippen LogP contribution in [-0.2, 0) is 11.3 Å². The molecule has 1 aliphatic rings. The Kier molecular flexibility index (Phi) is 5.66. The van der Waals surface area contributed by atoms with E-state index in [9.17, 15) is 4.79 Å². The Morgan fingerprint density at radius 1 is 1.12 bits per heavy atom. The van der Waals surface area contributed by atoms with Gasteiger partial charge in [0.25, 0.3) is 0 Å². The van der Waals surface area contributed by atoms with Crippen molar-refractivity contribution >= 4 is 39.0 Å². The molecule has 1 fully saturated rings. The highest BCUT2D eigenvalue weighted by molar-refractivity contribution is 7.18. The Balaban J connectivity index is 1.34. The molecule has 7 heteroatoms. The van der Waals surface area contributed by atoms with E-state index < -0.39 is 0 Å². The van der Waals surface area contributed by atoms with Crippen molar-refractivity contribution in [1.82, 2.24) is 9.97 Å². The molecule has 0 spiro atoms. The maximum absolute atomic E-state index is 13.6. The fraction of sp³-hybridized carbons (Fsp3) is 0.320. The van der Waals surface area contributed by atoms with Crippen molar-refractivity contribution in [2.45, 2.75) is 33.2 Å². The number of rotatable bonds is 5. The summed E-state index contributed by atoms with van der Waals surface area (Å²) in [4.78, 5) is 29.2. The maximum Gasteiger partial charge on any atom is 0.230 e. The summed E-state index contributed by atoms with van der Waals surface area (Å²) in [6, 6.07) is 13.6. The monoisotopic (exact) mass is 446 g/mol. The number of para-hydroxylation sites is 1. The van der Waals surface area contributed by atoms with Crippen molar-refractivity contribution in [2.24, 2.45) is 5.92 Å². The summed E-state index contributed by atoms with van der Waals surface area (Å²) in [6.07, 6.45) is 4.91. The van der Waals surface area contributed by atoms with E-state index in [4.69, 9.17) is 4.42 Å². The number of nitrogens with zero attached hydrogens (tertiary/aromatic N) is 4. The number of piperidine rings is 1. The van der Waals surface area contributed by atoms with Gasteiger partial charge < -0.3 is 14.2 Å². The summed E-state index contributed by atoms with van der Waals surface area (Å²) < 4.78 is 5.54. The maximum atomic E-state index is 13.6. The van der Waals surface area contributed by atoms with Crippen molar-refractivity contribution in [1.29, 1.82) is 0 Å². The van der Waals surface area contributed by atoms with Gasteiger partial charge in [-0.1, -0.05) is 18.2 Å². The Morgan fingerprint density at radius 2 is 1.91 bits per heavy atom. The number of hydrogen-bond acceptors (Lipinski definition) is 6. The Morgan fingerprint density at radius 3 is 2.62 bits per heavy atom. The smallest absolute Gasteiger partial charge is 0.230 e. The zero-order valence-electron chi connectivity index (χ0n) is 18.3. The highest BCUT2D eigenvalue weighted by Gasteiger charge is 2.31. The molecule has 1 aromatic carbocycles. The molecule has 4 aromatic rings. The van der Waals surface area contributed by atoms with Crippen molar-refractivity contribution in [3.05, 3.63) is 71.3 Å². The first-order valence-electron chi connectivity index (χ1n) is 11.0. The fourth-order valence-electron chi connectivity index (χ4n) is 4.42. The lowest BCUT2D eigenvalue weighted by Gasteiger charge is -2.35. The molecule has 1 aliphatic heterocycles. The molecular formula is C25H26N4O2S. The first-order chi connectivity index (χ1) is 15.6. The second-order valence-electron chi connectivity index (χ2n) is 8.26. The number of amides is 1. The molecule has 0 N–H and O–H groups in total. The number of aromatic nitrogens is 2. The van der Waals surface area contributed by atoms with Gasteiger partial charge in [-0.15, -0.1) is 11.3 Å². The van der Waals surface area contributed by atoms with Crippen LogP contribution in [0.4, 0.5) is 11.5 Å². The van der Waals surface area contributed by atoms with E-state index in [0.717, 1.165) is 53.4 Å². The molecule has 5 rings (SSSR count). The zero-order valence-corrected chi connectivity index (χ0v) is 19.1. The molecule has 0 aliphatic carbocycles. The molecule has 0 bridgehead atoms. The number of hydrogen-bond donors (Lipinski definition) is 0. The first kappa shape index (κ1) is 20.7. The molecule has 0 radical (unpaired) electrons. The van der Waals surface area contributed by atoms with Crippen LogP contribution in [0.1, 0.15) is 29.0 Å². The number of thiophene rings is 1. The Hall–Kier alpha value is -3.19. The van der Waals surface area contributed by atoms with Gasteiger partial charge in [-0.05, 0) is 56.5 Å². The third-order valence-corrected chi connectivity index (χ3v) is 7.43. The summed E-state index contributed by atoms with van der Waals surface area (Å²) in [5.41, 5.74) is 2.16. The molecule has 4 heterocycles. The fourth-order valence-corrected chi connectivity index (χ4v) is 5.42. The molecule has 0 atom stereocenters. The molecule has 0 unspecified atom stereocenters. The molecule has 1 saturated heterocycles. The van der Waals surface area contributed by atoms with Crippen LogP contribution in [0.25, 0.3) is 10.2 Å². The molecular weight excluding hydrogens is 420 g/mol. The summed E-state index contributed by atoms with van der Waals surface area (Å²) in [5.74, 6) is 1.91. The van der Waals surface area contributed by atoms with Gasteiger partial charge in [-0.2, -0.15) is 0 Å². The molecule has 0 saturated carbocycles. The van der Waals surface area contributed by atoms with Crippen molar-refractivity contribution in [3.8, 4) is 0 Å². The summed E-state index contributed by atoms with van der Waals surface area (Å²) in [7, 11) is 0. The van der Waals surface area contributed by atoms with Crippen LogP contribution in [0.5, 0.6) is 0 Å². The second kappa shape index (κ2) is 8.74. The number of benzene rings is 1. The largest absolute Gasteiger partial charge is 0.467 e. The van der Waals surface area contributed by atoms with E-state index in [2.05, 4.69) is 28.7 Å². The quantitative estimate of drug-likeness (QED) is 0.413. The van der Waals surface area contributed by atoms with Gasteiger partial charge in [0.2, 0.25) is 5.91 Å². The van der Waals surface area contributed by atoms with Crippen LogP contribution in [0, 0.1) is 19.8 Å². The lowest BCUT2D eigenvalue weighted by molar-refractivity contribution is -0.123. The van der Waals surface area contributed by atoms with E-state index in [1.54, 1.807) is 23.9 Å². The lowest BCUT2D eigenvalue weighted by Crippen LogP contribution is -2.42. The minimum Gasteiger partial charge on any atom is -0.467 e. The average molecular weight is 447 g/mol. The van der Waals surface area contributed by atoms with Crippen LogP contribution in [0.3, 0.4) is 0 Å². The summed E-state index contributed by atoms with van der Waals surface area (Å²) in [6.45, 7) is 6.33. The normalized spacial score (nSPS) is 14.8. The van der Waals surface area contributed by atoms with E-state index in [0.29, 0.717) is 6.54 Å². The van der Waals surface area contributed by atoms with Crippen LogP contribution >= 0.6 is 11.3 Å². The Bertz CT molecular complexity index is 1210. The Labute approximate surface area is 191 Å². The molecule has 164 valence electrons. The van der Waals surface area contributed by atoms with Gasteiger partial charge >= 0.3 is 0 Å². The van der Waals surface area contributed by atoms with Crippen LogP contribution < -0.4 is 9.80 Å². The van der Waals surface area contributed by atoms with Gasteiger partial charge in [-0.3, -0.25) is 4.79 Å². The molecule has 1 amide bonds. The average Bonchev–Trinajstić information content (AvgIpc) is 3.45. The standard InChI is InChI=1S/C25H26N4O2S/c1-17-18(2)32-24-22(17)23(26-16-27-24)28-12-10-19(11-13-28)25(30)29(15-21-9-6-14-31-21)20-7-4-3-5-8-20/h3-9,14,16,19H,10-13,15H2,1-2H3. The van der Waals surface area contributed by atoms with Gasteiger partial charge in [0.15, 0.2) is 0 Å². The molecule has 6 nitrogen and oxygen atoms in total. The predicted molar refractivity (Wildman–Crippen MR) is 128 cm³/mol. The topological polar surface area (TPSA) is 62.5 Å². The number of carbonyl (C=O) groups is 1. The van der Waals surface area contributed by atoms with E-state index in [-0.39, 0.29) is 11.8 Å². The SMILES string of the molecule is Cc1sc2ncnc(N3CCC(C(=O)N(Cc4ccco4)c4ccccc4)CC3)c2c1C. The predicted octanol–water partition coefficient (Wildman–Crippen LogP) is 5.35. The highest BCUT2D eigenvalue weighted by atomic mass is 32.1. The molecule has 32 heavy (non-hydrogen) atoms. The van der Waals surface area contributed by atoms with Crippen molar-refractivity contribution in [3.63, 3.8) is 0 Å². The third-order valence-electron chi connectivity index (χ3n) is 6.32. The number of anilines is 2. The lowest BCUT2D eigenvalue weighted by atomic mass is 9.94. The second-order valence-corrected chi connectivity index (χ2v) is 9.46. The van der Waals surface area contributed by atoms with Crippen molar-refractivity contribution < 1.29 is 9.21 Å². The zero-order chi connectivity index (χ0) is 22.1. The van der Waals surface area contributed by atoms with Crippen molar-refractivity contribution in [2.75, 3.05) is 22.9 Å². The van der Waals surface area contributed by atoms with Gasteiger partial charge in [0, 0.05) is 29.6 Å². The van der Waals surface area contributed by atoms with Crippen LogP contribution in [-0.4, -0.2) is 29.0 Å². The number of fused-ring (bicyclic) bond motifs is 1. The minimum atomic E-state index is -0.0240. The van der Waals surface area contributed by atoms with Gasteiger partial charge in [-0.25, -0.2) is 9.97 Å². The van der Waals surface area contributed by atoms with E-state index in [1.165, 1.54) is 10.4 Å². The number of carbonyl (C=O) groups excluding carboxylic acids is 1. The summed E-state index contributed by atoms with van der Waals surface area (Å²) in [5, 5.41) is 1.16. The highest BCUT2D eigenvalue weighted by Crippen LogP contribution is 2.36. The number of aryl methyl sites for hydroxylation is 2. The summed E-state index contributed by atoms with van der Waals surface area (Å²) >= 11 is 1.72. The van der Waals surface area contributed by atoms with E-state index >= 15 is 0 Å². The van der Waals surface area contributed by atoms with Crippen LogP contribution in [0.15, 0.2) is 59.5 Å². The third kappa shape index (κ3) is 3.88. The minimum absolute atomic E-state index is 0.0240. The molecule has 3 aromatic heterocycles. The number of furan rings is 1. The van der Waals surface area contributed by atoms with Gasteiger partial charge in [0.1, 0.15) is 22.7 Å². The van der Waals surface area contributed by atoms with Gasteiger partial charge in [0.05, 0.1) is 18.2 Å².